The highest BCUT2D eigenvalue weighted by atomic mass is 32.2. The van der Waals surface area contributed by atoms with Gasteiger partial charge in [0, 0.05) is 6.61 Å². The Morgan fingerprint density at radius 3 is 1.86 bits per heavy atom. The highest BCUT2D eigenvalue weighted by molar-refractivity contribution is 7.99. The minimum Gasteiger partial charge on any atom is -0.379 e. The molecule has 0 N–H and O–H groups in total. The smallest absolute Gasteiger partial charge is 0.0775 e. The fourth-order valence-electron chi connectivity index (χ4n) is 3.35. The Morgan fingerprint density at radius 1 is 0.750 bits per heavy atom. The van der Waals surface area contributed by atoms with Crippen molar-refractivity contribution >= 4 is 25.0 Å². The molecule has 0 aliphatic heterocycles. The Hall–Kier alpha value is -0.253. The summed E-state index contributed by atoms with van der Waals surface area (Å²) in [4.78, 5) is 0. The number of unbranched alkanes of at least 4 members (excludes halogenated alkanes) is 7. The van der Waals surface area contributed by atoms with E-state index in [2.05, 4.69) is 69.5 Å². The second kappa shape index (κ2) is 15.6. The van der Waals surface area contributed by atoms with E-state index in [4.69, 9.17) is 4.74 Å². The van der Waals surface area contributed by atoms with Gasteiger partial charge in [0.05, 0.1) is 14.2 Å². The van der Waals surface area contributed by atoms with E-state index in [0.717, 1.165) is 6.61 Å². The predicted octanol–water partition coefficient (Wildman–Crippen LogP) is 7.44. The maximum absolute atomic E-state index is 5.57. The summed E-state index contributed by atoms with van der Waals surface area (Å²) in [5.41, 5.74) is 1.52. The van der Waals surface area contributed by atoms with Gasteiger partial charge < -0.3 is 4.74 Å². The number of hydrogen-bond donors (Lipinski definition) is 0. The van der Waals surface area contributed by atoms with Crippen molar-refractivity contribution in [3.05, 3.63) is 29.8 Å². The summed E-state index contributed by atoms with van der Waals surface area (Å²) in [7, 11) is -1.14. The van der Waals surface area contributed by atoms with Gasteiger partial charge >= 0.3 is 0 Å². The minimum atomic E-state index is -1.14. The van der Waals surface area contributed by atoms with Crippen LogP contribution in [-0.4, -0.2) is 32.3 Å². The van der Waals surface area contributed by atoms with Crippen LogP contribution in [0.25, 0.3) is 0 Å². The van der Waals surface area contributed by atoms with Crippen LogP contribution < -0.4 is 5.19 Å². The van der Waals surface area contributed by atoms with Crippen LogP contribution in [0.3, 0.4) is 0 Å². The van der Waals surface area contributed by atoms with Gasteiger partial charge in [0.25, 0.3) is 0 Å². The standard InChI is InChI=1S/C25H46OSSi/c1-23(2)26-20-14-22-27-21-13-11-9-7-6-8-10-12-15-24-16-18-25(19-17-24)28(3,4)5/h16-19,23H,6-15,20-22H2,1-5H3. The molecule has 28 heavy (non-hydrogen) atoms. The van der Waals surface area contributed by atoms with Gasteiger partial charge in [-0.2, -0.15) is 11.8 Å². The van der Waals surface area contributed by atoms with Crippen molar-refractivity contribution in [3.8, 4) is 0 Å². The molecule has 0 atom stereocenters. The van der Waals surface area contributed by atoms with Crippen molar-refractivity contribution in [1.82, 2.24) is 0 Å². The molecule has 1 rings (SSSR count). The molecule has 0 saturated heterocycles. The van der Waals surface area contributed by atoms with Crippen molar-refractivity contribution in [2.75, 3.05) is 18.1 Å². The van der Waals surface area contributed by atoms with Gasteiger partial charge in [0.1, 0.15) is 0 Å². The molecule has 0 radical (unpaired) electrons. The number of hydrogen-bond acceptors (Lipinski definition) is 2. The second-order valence-electron chi connectivity index (χ2n) is 9.41. The molecule has 3 heteroatoms. The molecule has 1 aromatic rings. The number of ether oxygens (including phenoxy) is 1. The van der Waals surface area contributed by atoms with Crippen molar-refractivity contribution in [3.63, 3.8) is 0 Å². The maximum Gasteiger partial charge on any atom is 0.0775 e. The van der Waals surface area contributed by atoms with Crippen LogP contribution in [0, 0.1) is 0 Å². The van der Waals surface area contributed by atoms with Crippen LogP contribution in [0.1, 0.15) is 77.2 Å². The van der Waals surface area contributed by atoms with E-state index in [1.807, 2.05) is 0 Å². The van der Waals surface area contributed by atoms with E-state index < -0.39 is 8.07 Å². The SMILES string of the molecule is CC(C)OCCCSCCCCCCCCCCc1ccc([Si](C)(C)C)cc1. The molecule has 162 valence electrons. The Kier molecular flexibility index (Phi) is 14.3. The third-order valence-corrected chi connectivity index (χ3v) is 8.43. The summed E-state index contributed by atoms with van der Waals surface area (Å²) >= 11 is 2.10. The third-order valence-electron chi connectivity index (χ3n) is 5.21. The highest BCUT2D eigenvalue weighted by Gasteiger charge is 2.15. The van der Waals surface area contributed by atoms with Gasteiger partial charge in [-0.15, -0.1) is 0 Å². The molecule has 0 bridgehead atoms. The molecule has 0 saturated carbocycles. The van der Waals surface area contributed by atoms with E-state index in [1.54, 1.807) is 5.19 Å². The zero-order valence-corrected chi connectivity index (χ0v) is 21.2. The second-order valence-corrected chi connectivity index (χ2v) is 15.7. The summed E-state index contributed by atoms with van der Waals surface area (Å²) in [6.07, 6.45) is 14.1. The normalized spacial score (nSPS) is 12.1. The molecule has 0 heterocycles. The number of thioether (sulfide) groups is 1. The minimum absolute atomic E-state index is 0.381. The lowest BCUT2D eigenvalue weighted by atomic mass is 10.0. The molecule has 0 fully saturated rings. The lowest BCUT2D eigenvalue weighted by Crippen LogP contribution is -2.37. The van der Waals surface area contributed by atoms with Crippen LogP contribution >= 0.6 is 11.8 Å². The Labute approximate surface area is 181 Å². The third kappa shape index (κ3) is 13.8. The van der Waals surface area contributed by atoms with Crippen molar-refractivity contribution in [2.24, 2.45) is 0 Å². The topological polar surface area (TPSA) is 9.23 Å². The van der Waals surface area contributed by atoms with E-state index in [1.165, 1.54) is 81.3 Å². The van der Waals surface area contributed by atoms with E-state index in [9.17, 15) is 0 Å². The van der Waals surface area contributed by atoms with Crippen LogP contribution in [0.15, 0.2) is 24.3 Å². The first-order valence-corrected chi connectivity index (χ1v) is 16.3. The number of rotatable bonds is 17. The predicted molar refractivity (Wildman–Crippen MR) is 133 cm³/mol. The highest BCUT2D eigenvalue weighted by Crippen LogP contribution is 2.13. The Morgan fingerprint density at radius 2 is 1.29 bits per heavy atom. The average molecular weight is 423 g/mol. The van der Waals surface area contributed by atoms with E-state index in [-0.39, 0.29) is 0 Å². The molecule has 0 unspecified atom stereocenters. The van der Waals surface area contributed by atoms with E-state index in [0.29, 0.717) is 6.10 Å². The molecule has 0 amide bonds. The summed E-state index contributed by atoms with van der Waals surface area (Å²) < 4.78 is 5.57. The summed E-state index contributed by atoms with van der Waals surface area (Å²) in [5.74, 6) is 2.59. The fourth-order valence-corrected chi connectivity index (χ4v) is 5.45. The monoisotopic (exact) mass is 422 g/mol. The summed E-state index contributed by atoms with van der Waals surface area (Å²) in [5, 5.41) is 1.58. The van der Waals surface area contributed by atoms with Gasteiger partial charge in [-0.05, 0) is 56.6 Å². The van der Waals surface area contributed by atoms with Crippen LogP contribution in [0.5, 0.6) is 0 Å². The lowest BCUT2D eigenvalue weighted by molar-refractivity contribution is 0.0800. The van der Waals surface area contributed by atoms with Crippen LogP contribution in [0.2, 0.25) is 19.6 Å². The lowest BCUT2D eigenvalue weighted by Gasteiger charge is -2.16. The first-order chi connectivity index (χ1) is 13.4. The average Bonchev–Trinajstić information content (AvgIpc) is 2.64. The quantitative estimate of drug-likeness (QED) is 0.190. The van der Waals surface area contributed by atoms with Crippen LogP contribution in [-0.2, 0) is 11.2 Å². The van der Waals surface area contributed by atoms with Crippen molar-refractivity contribution in [1.29, 1.82) is 0 Å². The van der Waals surface area contributed by atoms with Gasteiger partial charge in [0.2, 0.25) is 0 Å². The summed E-state index contributed by atoms with van der Waals surface area (Å²) in [6.45, 7) is 12.4. The van der Waals surface area contributed by atoms with Gasteiger partial charge in [-0.25, -0.2) is 0 Å². The van der Waals surface area contributed by atoms with E-state index >= 15 is 0 Å². The molecule has 0 aliphatic carbocycles. The zero-order valence-electron chi connectivity index (χ0n) is 19.4. The fraction of sp³-hybridized carbons (Fsp3) is 0.760. The van der Waals surface area contributed by atoms with Crippen molar-refractivity contribution in [2.45, 2.75) is 104 Å². The molecule has 0 aliphatic rings. The molecule has 1 aromatic carbocycles. The van der Waals surface area contributed by atoms with Crippen molar-refractivity contribution < 1.29 is 4.74 Å². The van der Waals surface area contributed by atoms with Crippen LogP contribution in [0.4, 0.5) is 0 Å². The summed E-state index contributed by atoms with van der Waals surface area (Å²) in [6, 6.07) is 9.48. The molecular weight excluding hydrogens is 376 g/mol. The molecule has 1 nitrogen and oxygen atoms in total. The molecule has 0 aromatic heterocycles. The molecule has 0 spiro atoms. The Balaban J connectivity index is 1.85. The molecular formula is C25H46OSSi. The van der Waals surface area contributed by atoms with Gasteiger partial charge in [-0.3, -0.25) is 0 Å². The first-order valence-electron chi connectivity index (χ1n) is 11.7. The van der Waals surface area contributed by atoms with Gasteiger partial charge in [0.15, 0.2) is 0 Å². The Bertz CT molecular complexity index is 478. The largest absolute Gasteiger partial charge is 0.379 e. The number of benzene rings is 1. The zero-order chi connectivity index (χ0) is 20.7. The number of aryl methyl sites for hydroxylation is 1. The maximum atomic E-state index is 5.57. The van der Waals surface area contributed by atoms with Gasteiger partial charge in [-0.1, -0.05) is 87.6 Å². The first kappa shape index (κ1) is 25.8.